The molecule has 0 aromatic rings. The number of carbonyl (C=O) groups excluding carboxylic acids is 1. The Hall–Kier alpha value is -0.810. The number of likely N-dealkylation sites (N-methyl/N-ethyl adjacent to an activating group) is 1. The smallest absolute Gasteiger partial charge is 0.410 e. The van der Waals surface area contributed by atoms with Crippen LogP contribution in [0.3, 0.4) is 0 Å². The summed E-state index contributed by atoms with van der Waals surface area (Å²) in [5.41, 5.74) is -0.445. The third kappa shape index (κ3) is 3.98. The van der Waals surface area contributed by atoms with Crippen molar-refractivity contribution in [3.8, 4) is 0 Å². The summed E-state index contributed by atoms with van der Waals surface area (Å²) in [7, 11) is 1.86. The molecule has 0 aromatic heterocycles. The molecule has 1 aliphatic rings. The van der Waals surface area contributed by atoms with Gasteiger partial charge in [0.25, 0.3) is 0 Å². The van der Waals surface area contributed by atoms with Gasteiger partial charge < -0.3 is 14.8 Å². The molecule has 1 atom stereocenters. The van der Waals surface area contributed by atoms with Crippen molar-refractivity contribution in [1.29, 1.82) is 0 Å². The van der Waals surface area contributed by atoms with Crippen molar-refractivity contribution in [2.45, 2.75) is 32.4 Å². The molecule has 1 saturated heterocycles. The van der Waals surface area contributed by atoms with E-state index in [-0.39, 0.29) is 12.1 Å². The summed E-state index contributed by atoms with van der Waals surface area (Å²) in [6.07, 6.45) is -0.254. The predicted molar refractivity (Wildman–Crippen MR) is 61.5 cm³/mol. The van der Waals surface area contributed by atoms with E-state index in [1.807, 2.05) is 27.8 Å². The predicted octanol–water partition coefficient (Wildman–Crippen LogP) is 0.842. The molecule has 16 heavy (non-hydrogen) atoms. The number of amides is 1. The summed E-state index contributed by atoms with van der Waals surface area (Å²) in [5.74, 6) is 0. The van der Waals surface area contributed by atoms with E-state index < -0.39 is 5.60 Å². The molecule has 0 aromatic carbocycles. The zero-order valence-electron chi connectivity index (χ0n) is 10.6. The molecule has 1 aliphatic heterocycles. The average molecular weight is 230 g/mol. The van der Waals surface area contributed by atoms with Gasteiger partial charge >= 0.3 is 6.09 Å². The Morgan fingerprint density at radius 3 is 2.81 bits per heavy atom. The Labute approximate surface area is 97.1 Å². The fraction of sp³-hybridized carbons (Fsp3) is 0.909. The van der Waals surface area contributed by atoms with Gasteiger partial charge in [-0.3, -0.25) is 4.90 Å². The third-order valence-electron chi connectivity index (χ3n) is 2.30. The van der Waals surface area contributed by atoms with Gasteiger partial charge in [0.15, 0.2) is 0 Å². The van der Waals surface area contributed by atoms with Crippen molar-refractivity contribution in [2.24, 2.45) is 0 Å². The van der Waals surface area contributed by atoms with E-state index in [4.69, 9.17) is 9.47 Å². The molecule has 5 nitrogen and oxygen atoms in total. The minimum atomic E-state index is -0.445. The molecule has 1 rings (SSSR count). The first-order valence-corrected chi connectivity index (χ1v) is 5.66. The summed E-state index contributed by atoms with van der Waals surface area (Å²) >= 11 is 0. The number of ether oxygens (including phenoxy) is 2. The van der Waals surface area contributed by atoms with Crippen molar-refractivity contribution in [2.75, 3.05) is 33.4 Å². The Morgan fingerprint density at radius 1 is 1.56 bits per heavy atom. The Kier molecular flexibility index (Phi) is 4.56. The van der Waals surface area contributed by atoms with E-state index in [1.165, 1.54) is 0 Å². The monoisotopic (exact) mass is 230 g/mol. The lowest BCUT2D eigenvalue weighted by Crippen LogP contribution is -2.53. The van der Waals surface area contributed by atoms with E-state index in [1.54, 1.807) is 4.90 Å². The number of nitrogens with zero attached hydrogens (tertiary/aromatic N) is 1. The molecule has 0 unspecified atom stereocenters. The molecule has 1 heterocycles. The number of hydrogen-bond donors (Lipinski definition) is 1. The first-order valence-electron chi connectivity index (χ1n) is 5.66. The highest BCUT2D eigenvalue weighted by Gasteiger charge is 2.30. The molecular formula is C11H22N2O3. The molecule has 0 bridgehead atoms. The summed E-state index contributed by atoms with van der Waals surface area (Å²) in [5, 5.41) is 3.06. The minimum absolute atomic E-state index is 0.0635. The van der Waals surface area contributed by atoms with Crippen molar-refractivity contribution in [3.05, 3.63) is 0 Å². The van der Waals surface area contributed by atoms with E-state index in [2.05, 4.69) is 5.32 Å². The quantitative estimate of drug-likeness (QED) is 0.764. The van der Waals surface area contributed by atoms with Gasteiger partial charge in [0.1, 0.15) is 5.60 Å². The van der Waals surface area contributed by atoms with Gasteiger partial charge in [-0.25, -0.2) is 4.79 Å². The van der Waals surface area contributed by atoms with Gasteiger partial charge in [-0.15, -0.1) is 0 Å². The first-order chi connectivity index (χ1) is 7.44. The fourth-order valence-electron chi connectivity index (χ4n) is 1.62. The minimum Gasteiger partial charge on any atom is -0.444 e. The van der Waals surface area contributed by atoms with Crippen LogP contribution in [0.2, 0.25) is 0 Å². The lowest BCUT2D eigenvalue weighted by atomic mass is 10.2. The van der Waals surface area contributed by atoms with Gasteiger partial charge in [-0.2, -0.15) is 0 Å². The molecule has 5 heteroatoms. The largest absolute Gasteiger partial charge is 0.444 e. The fourth-order valence-corrected chi connectivity index (χ4v) is 1.62. The molecule has 1 amide bonds. The van der Waals surface area contributed by atoms with Crippen LogP contribution in [0.25, 0.3) is 0 Å². The average Bonchev–Trinajstić information content (AvgIpc) is 2.16. The zero-order chi connectivity index (χ0) is 12.2. The van der Waals surface area contributed by atoms with E-state index in [0.29, 0.717) is 19.8 Å². The van der Waals surface area contributed by atoms with Crippen LogP contribution < -0.4 is 5.32 Å². The van der Waals surface area contributed by atoms with Crippen LogP contribution in [0.4, 0.5) is 4.79 Å². The second kappa shape index (κ2) is 5.50. The second-order valence-corrected chi connectivity index (χ2v) is 4.96. The molecule has 0 aliphatic carbocycles. The zero-order valence-corrected chi connectivity index (χ0v) is 10.6. The normalized spacial score (nSPS) is 22.0. The highest BCUT2D eigenvalue weighted by Crippen LogP contribution is 2.14. The highest BCUT2D eigenvalue weighted by molar-refractivity contribution is 5.68. The van der Waals surface area contributed by atoms with Crippen LogP contribution in [0.1, 0.15) is 20.8 Å². The maximum absolute atomic E-state index is 11.9. The number of nitrogens with one attached hydrogen (secondary N) is 1. The number of hydrogen-bond acceptors (Lipinski definition) is 4. The van der Waals surface area contributed by atoms with Crippen molar-refractivity contribution in [1.82, 2.24) is 10.2 Å². The maximum atomic E-state index is 11.9. The highest BCUT2D eigenvalue weighted by atomic mass is 16.6. The van der Waals surface area contributed by atoms with Gasteiger partial charge in [-0.1, -0.05) is 0 Å². The van der Waals surface area contributed by atoms with Gasteiger partial charge in [0.2, 0.25) is 0 Å². The Balaban J connectivity index is 2.57. The molecule has 0 saturated carbocycles. The van der Waals surface area contributed by atoms with Crippen LogP contribution >= 0.6 is 0 Å². The lowest BCUT2D eigenvalue weighted by Gasteiger charge is -2.36. The van der Waals surface area contributed by atoms with Crippen molar-refractivity contribution < 1.29 is 14.3 Å². The molecule has 94 valence electrons. The van der Waals surface area contributed by atoms with Crippen LogP contribution in [-0.4, -0.2) is 56.0 Å². The van der Waals surface area contributed by atoms with E-state index >= 15 is 0 Å². The van der Waals surface area contributed by atoms with Gasteiger partial charge in [-0.05, 0) is 27.8 Å². The Bertz CT molecular complexity index is 236. The summed E-state index contributed by atoms with van der Waals surface area (Å²) < 4.78 is 10.7. The van der Waals surface area contributed by atoms with Crippen molar-refractivity contribution in [3.63, 3.8) is 0 Å². The molecule has 1 fully saturated rings. The van der Waals surface area contributed by atoms with E-state index in [9.17, 15) is 4.79 Å². The van der Waals surface area contributed by atoms with Gasteiger partial charge in [0.05, 0.1) is 19.3 Å². The summed E-state index contributed by atoms with van der Waals surface area (Å²) in [4.78, 5) is 13.7. The Morgan fingerprint density at radius 2 is 2.25 bits per heavy atom. The summed E-state index contributed by atoms with van der Waals surface area (Å²) in [6, 6.07) is 0.0635. The number of rotatable bonds is 2. The van der Waals surface area contributed by atoms with Crippen LogP contribution in [0.5, 0.6) is 0 Å². The second-order valence-electron chi connectivity index (χ2n) is 4.96. The molecule has 0 spiro atoms. The third-order valence-corrected chi connectivity index (χ3v) is 2.30. The van der Waals surface area contributed by atoms with Crippen LogP contribution in [0, 0.1) is 0 Å². The van der Waals surface area contributed by atoms with Crippen molar-refractivity contribution >= 4 is 6.09 Å². The summed E-state index contributed by atoms with van der Waals surface area (Å²) in [6.45, 7) is 8.09. The lowest BCUT2D eigenvalue weighted by molar-refractivity contribution is -0.0313. The molecule has 1 N–H and O–H groups in total. The van der Waals surface area contributed by atoms with Crippen LogP contribution in [-0.2, 0) is 9.47 Å². The molecular weight excluding hydrogens is 208 g/mol. The first kappa shape index (κ1) is 13.3. The number of morpholine rings is 1. The standard InChI is InChI=1S/C11H22N2O3/c1-11(2,3)16-10(14)13-5-6-15-8-9(13)7-12-4/h9,12H,5-8H2,1-4H3/t9-/m0/s1. The molecule has 0 radical (unpaired) electrons. The van der Waals surface area contributed by atoms with Gasteiger partial charge in [0, 0.05) is 13.1 Å². The maximum Gasteiger partial charge on any atom is 0.410 e. The van der Waals surface area contributed by atoms with Crippen LogP contribution in [0.15, 0.2) is 0 Å². The number of carbonyl (C=O) groups is 1. The SMILES string of the molecule is CNC[C@H]1COCCN1C(=O)OC(C)(C)C. The topological polar surface area (TPSA) is 50.8 Å². The van der Waals surface area contributed by atoms with E-state index in [0.717, 1.165) is 6.54 Å².